The van der Waals surface area contributed by atoms with Crippen LogP contribution in [-0.4, -0.2) is 26.2 Å². The number of benzene rings is 1. The minimum Gasteiger partial charge on any atom is -0.392 e. The van der Waals surface area contributed by atoms with Gasteiger partial charge in [-0.25, -0.2) is 0 Å². The lowest BCUT2D eigenvalue weighted by molar-refractivity contribution is 0.0350. The lowest BCUT2D eigenvalue weighted by Gasteiger charge is -2.26. The molecule has 0 aliphatic heterocycles. The quantitative estimate of drug-likeness (QED) is 0.864. The molecule has 5 heteroatoms. The van der Waals surface area contributed by atoms with Crippen LogP contribution >= 0.6 is 0 Å². The highest BCUT2D eigenvalue weighted by atomic mass is 32.2. The summed E-state index contributed by atoms with van der Waals surface area (Å²) in [4.78, 5) is 0.181. The lowest BCUT2D eigenvalue weighted by Crippen LogP contribution is -2.31. The fourth-order valence-corrected chi connectivity index (χ4v) is 4.50. The van der Waals surface area contributed by atoms with Gasteiger partial charge in [-0.05, 0) is 50.2 Å². The maximum atomic E-state index is 12.1. The van der Waals surface area contributed by atoms with E-state index in [0.717, 1.165) is 24.8 Å². The Balaban J connectivity index is 1.67. The van der Waals surface area contributed by atoms with Crippen LogP contribution in [0, 0.1) is 24.7 Å². The van der Waals surface area contributed by atoms with Crippen molar-refractivity contribution in [3.8, 4) is 0 Å². The number of aliphatic hydroxyl groups excluding tert-OH is 1. The number of aryl methyl sites for hydroxylation is 1. The molecular formula is C15H20O4S. The monoisotopic (exact) mass is 296 g/mol. The lowest BCUT2D eigenvalue weighted by atomic mass is 9.87. The third-order valence-electron chi connectivity index (χ3n) is 4.77. The van der Waals surface area contributed by atoms with Gasteiger partial charge in [0, 0.05) is 5.92 Å². The predicted octanol–water partition coefficient (Wildman–Crippen LogP) is 2.11. The van der Waals surface area contributed by atoms with Crippen LogP contribution in [0.1, 0.15) is 24.8 Å². The van der Waals surface area contributed by atoms with E-state index in [-0.39, 0.29) is 17.4 Å². The molecule has 0 aromatic heterocycles. The molecule has 0 saturated heterocycles. The van der Waals surface area contributed by atoms with Gasteiger partial charge in [0.2, 0.25) is 0 Å². The van der Waals surface area contributed by atoms with Crippen LogP contribution in [0.4, 0.5) is 0 Å². The van der Waals surface area contributed by atoms with E-state index in [1.165, 1.54) is 0 Å². The summed E-state index contributed by atoms with van der Waals surface area (Å²) in [7, 11) is -3.72. The van der Waals surface area contributed by atoms with E-state index in [2.05, 4.69) is 0 Å². The Morgan fingerprint density at radius 3 is 2.45 bits per heavy atom. The van der Waals surface area contributed by atoms with Crippen LogP contribution in [0.2, 0.25) is 0 Å². The summed E-state index contributed by atoms with van der Waals surface area (Å²) in [5.41, 5.74) is 1.01. The van der Waals surface area contributed by atoms with Crippen molar-refractivity contribution >= 4 is 10.1 Å². The van der Waals surface area contributed by atoms with Gasteiger partial charge in [-0.2, -0.15) is 8.42 Å². The molecule has 3 rings (SSSR count). The van der Waals surface area contributed by atoms with Gasteiger partial charge in [-0.1, -0.05) is 17.7 Å². The minimum atomic E-state index is -3.72. The molecule has 2 saturated carbocycles. The van der Waals surface area contributed by atoms with Crippen LogP contribution in [0.3, 0.4) is 0 Å². The van der Waals surface area contributed by atoms with Crippen molar-refractivity contribution in [1.82, 2.24) is 0 Å². The summed E-state index contributed by atoms with van der Waals surface area (Å²) < 4.78 is 29.4. The molecule has 1 aromatic rings. The largest absolute Gasteiger partial charge is 0.392 e. The van der Waals surface area contributed by atoms with Crippen molar-refractivity contribution in [1.29, 1.82) is 0 Å². The number of aliphatic hydroxyl groups is 1. The Kier molecular flexibility index (Phi) is 3.60. The molecule has 2 fully saturated rings. The van der Waals surface area contributed by atoms with Gasteiger partial charge in [0.05, 0.1) is 17.6 Å². The predicted molar refractivity (Wildman–Crippen MR) is 74.6 cm³/mol. The Bertz CT molecular complexity index is 576. The van der Waals surface area contributed by atoms with E-state index >= 15 is 0 Å². The third-order valence-corrected chi connectivity index (χ3v) is 6.06. The Morgan fingerprint density at radius 1 is 1.20 bits per heavy atom. The first-order chi connectivity index (χ1) is 9.47. The van der Waals surface area contributed by atoms with E-state index in [0.29, 0.717) is 11.8 Å². The van der Waals surface area contributed by atoms with Gasteiger partial charge in [0.25, 0.3) is 10.1 Å². The third kappa shape index (κ3) is 2.50. The number of hydrogen-bond donors (Lipinski definition) is 1. The minimum absolute atomic E-state index is 0.0334. The van der Waals surface area contributed by atoms with Crippen LogP contribution in [-0.2, 0) is 14.3 Å². The zero-order valence-electron chi connectivity index (χ0n) is 11.5. The van der Waals surface area contributed by atoms with Crippen molar-refractivity contribution in [2.75, 3.05) is 6.61 Å². The van der Waals surface area contributed by atoms with Crippen LogP contribution < -0.4 is 0 Å². The fourth-order valence-electron chi connectivity index (χ4n) is 3.56. The van der Waals surface area contributed by atoms with Gasteiger partial charge >= 0.3 is 0 Å². The van der Waals surface area contributed by atoms with Gasteiger partial charge in [-0.3, -0.25) is 4.18 Å². The van der Waals surface area contributed by atoms with Gasteiger partial charge < -0.3 is 5.11 Å². The van der Waals surface area contributed by atoms with Crippen molar-refractivity contribution in [2.24, 2.45) is 17.8 Å². The molecule has 110 valence electrons. The van der Waals surface area contributed by atoms with Crippen LogP contribution in [0.15, 0.2) is 29.2 Å². The summed E-state index contributed by atoms with van der Waals surface area (Å²) in [5.74, 6) is 0.730. The maximum absolute atomic E-state index is 12.1. The Hall–Kier alpha value is -0.910. The van der Waals surface area contributed by atoms with E-state index in [4.69, 9.17) is 4.18 Å². The summed E-state index contributed by atoms with van der Waals surface area (Å²) in [6.07, 6.45) is 2.76. The van der Waals surface area contributed by atoms with E-state index in [9.17, 15) is 13.5 Å². The second kappa shape index (κ2) is 5.13. The second-order valence-corrected chi connectivity index (χ2v) is 7.65. The highest BCUT2D eigenvalue weighted by Crippen LogP contribution is 2.48. The molecule has 0 radical (unpaired) electrons. The SMILES string of the molecule is Cc1ccc(S(=O)(=O)OC[C@@H]2[C@H]3CC[C@@H](C3)[C@H]2O)cc1. The van der Waals surface area contributed by atoms with Gasteiger partial charge in [0.15, 0.2) is 0 Å². The summed E-state index contributed by atoms with van der Waals surface area (Å²) >= 11 is 0. The molecule has 1 aromatic carbocycles. The second-order valence-electron chi connectivity index (χ2n) is 6.04. The normalized spacial score (nSPS) is 32.7. The maximum Gasteiger partial charge on any atom is 0.296 e. The molecule has 4 nitrogen and oxygen atoms in total. The molecule has 2 aliphatic carbocycles. The van der Waals surface area contributed by atoms with Crippen LogP contribution in [0.25, 0.3) is 0 Å². The first-order valence-corrected chi connectivity index (χ1v) is 8.52. The number of hydrogen-bond acceptors (Lipinski definition) is 4. The number of fused-ring (bicyclic) bond motifs is 2. The molecule has 0 amide bonds. The highest BCUT2D eigenvalue weighted by molar-refractivity contribution is 7.86. The van der Waals surface area contributed by atoms with E-state index in [1.807, 2.05) is 6.92 Å². The fraction of sp³-hybridized carbons (Fsp3) is 0.600. The first-order valence-electron chi connectivity index (χ1n) is 7.11. The van der Waals surface area contributed by atoms with E-state index in [1.54, 1.807) is 24.3 Å². The molecule has 1 N–H and O–H groups in total. The Morgan fingerprint density at radius 2 is 1.85 bits per heavy atom. The highest BCUT2D eigenvalue weighted by Gasteiger charge is 2.47. The molecular weight excluding hydrogens is 276 g/mol. The average Bonchev–Trinajstić information content (AvgIpc) is 2.98. The molecule has 0 spiro atoms. The van der Waals surface area contributed by atoms with Crippen LogP contribution in [0.5, 0.6) is 0 Å². The first kappa shape index (κ1) is 14.0. The average molecular weight is 296 g/mol. The smallest absolute Gasteiger partial charge is 0.296 e. The zero-order chi connectivity index (χ0) is 14.3. The summed E-state index contributed by atoms with van der Waals surface area (Å²) in [5, 5.41) is 10.1. The van der Waals surface area contributed by atoms with Gasteiger partial charge in [0.1, 0.15) is 0 Å². The molecule has 0 unspecified atom stereocenters. The standard InChI is InChI=1S/C15H20O4S/c1-10-2-6-13(7-3-10)20(17,18)19-9-14-11-4-5-12(8-11)15(14)16/h2-3,6-7,11-12,14-16H,4-5,8-9H2,1H3/t11-,12-,14+,15+/m0/s1. The molecule has 20 heavy (non-hydrogen) atoms. The molecule has 2 bridgehead atoms. The topological polar surface area (TPSA) is 63.6 Å². The van der Waals surface area contributed by atoms with Crippen molar-refractivity contribution in [3.63, 3.8) is 0 Å². The number of rotatable bonds is 4. The van der Waals surface area contributed by atoms with Crippen molar-refractivity contribution < 1.29 is 17.7 Å². The summed E-state index contributed by atoms with van der Waals surface area (Å²) in [6, 6.07) is 6.62. The Labute approximate surface area is 119 Å². The zero-order valence-corrected chi connectivity index (χ0v) is 12.3. The van der Waals surface area contributed by atoms with Gasteiger partial charge in [-0.15, -0.1) is 0 Å². The molecule has 0 heterocycles. The van der Waals surface area contributed by atoms with E-state index < -0.39 is 16.2 Å². The summed E-state index contributed by atoms with van der Waals surface area (Å²) in [6.45, 7) is 2.00. The van der Waals surface area contributed by atoms with Crippen molar-refractivity contribution in [2.45, 2.75) is 37.2 Å². The molecule has 4 atom stereocenters. The van der Waals surface area contributed by atoms with Crippen molar-refractivity contribution in [3.05, 3.63) is 29.8 Å². The molecule has 2 aliphatic rings.